The first-order chi connectivity index (χ1) is 7.76. The van der Waals surface area contributed by atoms with Gasteiger partial charge in [-0.2, -0.15) is 0 Å². The lowest BCUT2D eigenvalue weighted by atomic mass is 10.4. The smallest absolute Gasteiger partial charge is 0.265 e. The monoisotopic (exact) mass is 240 g/mol. The number of hydrogen-bond acceptors (Lipinski definition) is 4. The first-order valence-electron chi connectivity index (χ1n) is 5.62. The molecule has 4 nitrogen and oxygen atoms in total. The molecule has 1 amide bonds. The van der Waals surface area contributed by atoms with Crippen LogP contribution in [0.1, 0.15) is 34.4 Å². The van der Waals surface area contributed by atoms with Gasteiger partial charge in [-0.25, -0.2) is 4.98 Å². The summed E-state index contributed by atoms with van der Waals surface area (Å²) in [6, 6.07) is 0.340. The number of aryl methyl sites for hydroxylation is 1. The standard InChI is InChI=1S/C11H16N2O2S/c1-2-10-12-7-9(16-10)11(15)13(5-6-14)8-3-4-8/h7-8,14H,2-6H2,1H3. The lowest BCUT2D eigenvalue weighted by Crippen LogP contribution is -2.35. The maximum atomic E-state index is 12.1. The zero-order chi connectivity index (χ0) is 11.5. The van der Waals surface area contributed by atoms with Gasteiger partial charge >= 0.3 is 0 Å². The van der Waals surface area contributed by atoms with Gasteiger partial charge in [0.05, 0.1) is 17.8 Å². The number of carbonyl (C=O) groups is 1. The molecule has 1 saturated carbocycles. The summed E-state index contributed by atoms with van der Waals surface area (Å²) in [4.78, 5) is 18.8. The number of rotatable bonds is 5. The average molecular weight is 240 g/mol. The van der Waals surface area contributed by atoms with Gasteiger partial charge in [0, 0.05) is 12.6 Å². The molecule has 16 heavy (non-hydrogen) atoms. The third-order valence-corrected chi connectivity index (χ3v) is 3.79. The van der Waals surface area contributed by atoms with Crippen molar-refractivity contribution >= 4 is 17.2 Å². The Hall–Kier alpha value is -0.940. The van der Waals surface area contributed by atoms with Gasteiger partial charge in [0.2, 0.25) is 0 Å². The summed E-state index contributed by atoms with van der Waals surface area (Å²) < 4.78 is 0. The topological polar surface area (TPSA) is 53.4 Å². The summed E-state index contributed by atoms with van der Waals surface area (Å²) in [6.07, 6.45) is 4.64. The van der Waals surface area contributed by atoms with Crippen LogP contribution in [0.2, 0.25) is 0 Å². The van der Waals surface area contributed by atoms with Crippen LogP contribution in [-0.4, -0.2) is 40.1 Å². The molecule has 1 aliphatic rings. The normalized spacial score (nSPS) is 15.1. The van der Waals surface area contributed by atoms with Gasteiger partial charge in [-0.15, -0.1) is 11.3 Å². The molecular weight excluding hydrogens is 224 g/mol. The molecule has 0 aliphatic heterocycles. The molecule has 1 aromatic heterocycles. The second-order valence-electron chi connectivity index (χ2n) is 3.93. The number of nitrogens with zero attached hydrogens (tertiary/aromatic N) is 2. The Morgan fingerprint density at radius 1 is 1.69 bits per heavy atom. The molecule has 0 atom stereocenters. The molecular formula is C11H16N2O2S. The van der Waals surface area contributed by atoms with E-state index >= 15 is 0 Å². The van der Waals surface area contributed by atoms with Crippen molar-refractivity contribution in [1.29, 1.82) is 0 Å². The third kappa shape index (κ3) is 2.41. The van der Waals surface area contributed by atoms with E-state index in [1.165, 1.54) is 11.3 Å². The van der Waals surface area contributed by atoms with Gasteiger partial charge in [-0.05, 0) is 19.3 Å². The van der Waals surface area contributed by atoms with E-state index in [9.17, 15) is 4.79 Å². The minimum absolute atomic E-state index is 0.0220. The molecule has 5 heteroatoms. The SMILES string of the molecule is CCc1ncc(C(=O)N(CCO)C2CC2)s1. The van der Waals surface area contributed by atoms with E-state index in [0.717, 1.165) is 24.3 Å². The highest BCUT2D eigenvalue weighted by Crippen LogP contribution is 2.29. The average Bonchev–Trinajstić information content (AvgIpc) is 3.02. The van der Waals surface area contributed by atoms with Crippen molar-refractivity contribution in [1.82, 2.24) is 9.88 Å². The van der Waals surface area contributed by atoms with Crippen molar-refractivity contribution in [3.63, 3.8) is 0 Å². The van der Waals surface area contributed by atoms with Gasteiger partial charge in [0.25, 0.3) is 5.91 Å². The summed E-state index contributed by atoms with van der Waals surface area (Å²) in [7, 11) is 0. The lowest BCUT2D eigenvalue weighted by Gasteiger charge is -2.20. The molecule has 0 bridgehead atoms. The summed E-state index contributed by atoms with van der Waals surface area (Å²) in [5, 5.41) is 9.94. The van der Waals surface area contributed by atoms with E-state index in [1.54, 1.807) is 11.1 Å². The van der Waals surface area contributed by atoms with Gasteiger partial charge in [-0.3, -0.25) is 4.79 Å². The Labute approximate surface area is 98.9 Å². The molecule has 0 aromatic carbocycles. The quantitative estimate of drug-likeness (QED) is 0.844. The Kier molecular flexibility index (Phi) is 3.56. The van der Waals surface area contributed by atoms with Crippen molar-refractivity contribution in [3.05, 3.63) is 16.1 Å². The van der Waals surface area contributed by atoms with E-state index in [2.05, 4.69) is 4.98 Å². The number of hydrogen-bond donors (Lipinski definition) is 1. The second-order valence-corrected chi connectivity index (χ2v) is 5.04. The Morgan fingerprint density at radius 2 is 2.44 bits per heavy atom. The zero-order valence-electron chi connectivity index (χ0n) is 9.35. The fourth-order valence-electron chi connectivity index (χ4n) is 1.66. The fourth-order valence-corrected chi connectivity index (χ4v) is 2.47. The van der Waals surface area contributed by atoms with Crippen molar-refractivity contribution in [2.24, 2.45) is 0 Å². The van der Waals surface area contributed by atoms with Gasteiger partial charge in [-0.1, -0.05) is 6.92 Å². The molecule has 0 spiro atoms. The van der Waals surface area contributed by atoms with Crippen LogP contribution in [0.15, 0.2) is 6.20 Å². The second kappa shape index (κ2) is 4.93. The summed E-state index contributed by atoms with van der Waals surface area (Å²) in [5.74, 6) is 0.0220. The lowest BCUT2D eigenvalue weighted by molar-refractivity contribution is 0.0712. The van der Waals surface area contributed by atoms with Crippen LogP contribution in [0.3, 0.4) is 0 Å². The van der Waals surface area contributed by atoms with Crippen LogP contribution in [0, 0.1) is 0 Å². The Morgan fingerprint density at radius 3 is 2.94 bits per heavy atom. The minimum Gasteiger partial charge on any atom is -0.395 e. The van der Waals surface area contributed by atoms with E-state index in [-0.39, 0.29) is 12.5 Å². The highest BCUT2D eigenvalue weighted by Gasteiger charge is 2.33. The maximum absolute atomic E-state index is 12.1. The number of amides is 1. The van der Waals surface area contributed by atoms with Crippen LogP contribution in [0.4, 0.5) is 0 Å². The highest BCUT2D eigenvalue weighted by atomic mass is 32.1. The molecule has 88 valence electrons. The van der Waals surface area contributed by atoms with Crippen LogP contribution in [0.5, 0.6) is 0 Å². The van der Waals surface area contributed by atoms with Crippen molar-refractivity contribution in [3.8, 4) is 0 Å². The molecule has 2 rings (SSSR count). The summed E-state index contributed by atoms with van der Waals surface area (Å²) in [6.45, 7) is 2.49. The van der Waals surface area contributed by atoms with Gasteiger partial charge in [0.1, 0.15) is 4.88 Å². The number of thiazole rings is 1. The third-order valence-electron chi connectivity index (χ3n) is 2.66. The largest absolute Gasteiger partial charge is 0.395 e. The molecule has 0 radical (unpaired) electrons. The van der Waals surface area contributed by atoms with Gasteiger partial charge < -0.3 is 10.0 Å². The number of aliphatic hydroxyl groups is 1. The van der Waals surface area contributed by atoms with E-state index in [1.807, 2.05) is 6.92 Å². The minimum atomic E-state index is 0.0220. The van der Waals surface area contributed by atoms with Crippen LogP contribution < -0.4 is 0 Å². The highest BCUT2D eigenvalue weighted by molar-refractivity contribution is 7.13. The van der Waals surface area contributed by atoms with Gasteiger partial charge in [0.15, 0.2) is 0 Å². The number of aromatic nitrogens is 1. The molecule has 0 unspecified atom stereocenters. The fraction of sp³-hybridized carbons (Fsp3) is 0.636. The molecule has 1 heterocycles. The number of carbonyl (C=O) groups excluding carboxylic acids is 1. The Balaban J connectivity index is 2.09. The summed E-state index contributed by atoms with van der Waals surface area (Å²) >= 11 is 1.46. The van der Waals surface area contributed by atoms with E-state index in [4.69, 9.17) is 5.11 Å². The van der Waals surface area contributed by atoms with Crippen LogP contribution in [-0.2, 0) is 6.42 Å². The first-order valence-corrected chi connectivity index (χ1v) is 6.44. The summed E-state index contributed by atoms with van der Waals surface area (Å²) in [5.41, 5.74) is 0. The molecule has 1 aromatic rings. The maximum Gasteiger partial charge on any atom is 0.265 e. The van der Waals surface area contributed by atoms with Crippen molar-refractivity contribution < 1.29 is 9.90 Å². The molecule has 1 fully saturated rings. The van der Waals surface area contributed by atoms with Crippen molar-refractivity contribution in [2.75, 3.05) is 13.2 Å². The predicted molar refractivity (Wildman–Crippen MR) is 62.6 cm³/mol. The molecule has 1 aliphatic carbocycles. The molecule has 1 N–H and O–H groups in total. The number of aliphatic hydroxyl groups excluding tert-OH is 1. The zero-order valence-corrected chi connectivity index (χ0v) is 10.2. The van der Waals surface area contributed by atoms with Crippen molar-refractivity contribution in [2.45, 2.75) is 32.2 Å². The Bertz CT molecular complexity index is 374. The van der Waals surface area contributed by atoms with Crippen LogP contribution >= 0.6 is 11.3 Å². The van der Waals surface area contributed by atoms with Crippen LogP contribution in [0.25, 0.3) is 0 Å². The molecule has 0 saturated heterocycles. The predicted octanol–water partition coefficient (Wildman–Crippen LogP) is 1.30. The van der Waals surface area contributed by atoms with E-state index < -0.39 is 0 Å². The first kappa shape index (κ1) is 11.5. The van der Waals surface area contributed by atoms with E-state index in [0.29, 0.717) is 17.5 Å².